The molecule has 0 bridgehead atoms. The standard InChI is InChI=1S/C33H51N3O5/c1-11-24(33(8,9)23-16-13-12-14-17-23)28(37)34-27(32(5,6)7)30(39)35(10)26(21(2)3)20-22(4)29(38)36-19-15-18-25(36)31(40)41/h12-14,16-17,20-21,24-27H,11,15,18-19H2,1-10H3,(H,34,37)(H,40,41)/b22-20+/t24-,25+,26-,27-/m1/s1. The number of amides is 3. The van der Waals surface area contributed by atoms with E-state index in [1.165, 1.54) is 4.90 Å². The van der Waals surface area contributed by atoms with Gasteiger partial charge in [-0.25, -0.2) is 4.79 Å². The van der Waals surface area contributed by atoms with Crippen LogP contribution in [0.25, 0.3) is 0 Å². The molecule has 0 saturated carbocycles. The summed E-state index contributed by atoms with van der Waals surface area (Å²) < 4.78 is 0. The van der Waals surface area contributed by atoms with Crippen LogP contribution in [0.5, 0.6) is 0 Å². The minimum atomic E-state index is -0.999. The maximum Gasteiger partial charge on any atom is 0.326 e. The van der Waals surface area contributed by atoms with Gasteiger partial charge in [0.2, 0.25) is 17.7 Å². The summed E-state index contributed by atoms with van der Waals surface area (Å²) >= 11 is 0. The molecule has 1 aromatic rings. The number of likely N-dealkylation sites (tertiary alicyclic amines) is 1. The molecule has 1 saturated heterocycles. The number of rotatable bonds is 11. The fraction of sp³-hybridized carbons (Fsp3) is 0.636. The maximum absolute atomic E-state index is 14.1. The Kier molecular flexibility index (Phi) is 11.3. The molecule has 3 amide bonds. The zero-order valence-electron chi connectivity index (χ0n) is 26.7. The molecule has 2 N–H and O–H groups in total. The third-order valence-corrected chi connectivity index (χ3v) is 8.55. The monoisotopic (exact) mass is 569 g/mol. The van der Waals surface area contributed by atoms with Crippen LogP contribution in [0.2, 0.25) is 0 Å². The van der Waals surface area contributed by atoms with Crippen LogP contribution in [0.3, 0.4) is 0 Å². The van der Waals surface area contributed by atoms with E-state index in [4.69, 9.17) is 0 Å². The highest BCUT2D eigenvalue weighted by molar-refractivity contribution is 5.96. The van der Waals surface area contributed by atoms with Gasteiger partial charge in [0.05, 0.1) is 6.04 Å². The van der Waals surface area contributed by atoms with E-state index in [1.807, 2.05) is 71.9 Å². The molecule has 1 aliphatic heterocycles. The molecule has 8 heteroatoms. The summed E-state index contributed by atoms with van der Waals surface area (Å²) in [6.45, 7) is 17.9. The van der Waals surface area contributed by atoms with Gasteiger partial charge in [-0.15, -0.1) is 0 Å². The number of aliphatic carboxylic acids is 1. The molecule has 8 nitrogen and oxygen atoms in total. The summed E-state index contributed by atoms with van der Waals surface area (Å²) in [5.74, 6) is -2.11. The first-order valence-electron chi connectivity index (χ1n) is 14.8. The number of carbonyl (C=O) groups is 4. The minimum absolute atomic E-state index is 0.0303. The summed E-state index contributed by atoms with van der Waals surface area (Å²) in [5.41, 5.74) is 0.451. The fourth-order valence-electron chi connectivity index (χ4n) is 5.91. The number of carboxylic acids is 1. The molecule has 41 heavy (non-hydrogen) atoms. The zero-order valence-corrected chi connectivity index (χ0v) is 26.7. The van der Waals surface area contributed by atoms with Gasteiger partial charge in [-0.05, 0) is 43.1 Å². The molecule has 0 unspecified atom stereocenters. The number of carbonyl (C=O) groups excluding carboxylic acids is 3. The number of nitrogens with zero attached hydrogens (tertiary/aromatic N) is 2. The van der Waals surface area contributed by atoms with Gasteiger partial charge in [-0.1, -0.05) is 91.8 Å². The lowest BCUT2D eigenvalue weighted by Crippen LogP contribution is -2.58. The second kappa shape index (κ2) is 13.7. The second-order valence-corrected chi connectivity index (χ2v) is 13.4. The highest BCUT2D eigenvalue weighted by Crippen LogP contribution is 2.35. The van der Waals surface area contributed by atoms with Crippen molar-refractivity contribution in [1.82, 2.24) is 15.1 Å². The van der Waals surface area contributed by atoms with Gasteiger partial charge in [0.25, 0.3) is 0 Å². The van der Waals surface area contributed by atoms with Crippen molar-refractivity contribution in [1.29, 1.82) is 0 Å². The maximum atomic E-state index is 14.1. The fourth-order valence-corrected chi connectivity index (χ4v) is 5.91. The Balaban J connectivity index is 2.33. The van der Waals surface area contributed by atoms with Crippen molar-refractivity contribution in [3.05, 3.63) is 47.5 Å². The van der Waals surface area contributed by atoms with E-state index in [9.17, 15) is 24.3 Å². The van der Waals surface area contributed by atoms with Gasteiger partial charge in [0.1, 0.15) is 12.1 Å². The van der Waals surface area contributed by atoms with Crippen molar-refractivity contribution < 1.29 is 24.3 Å². The molecular formula is C33H51N3O5. The molecular weight excluding hydrogens is 518 g/mol. The van der Waals surface area contributed by atoms with E-state index in [0.717, 1.165) is 5.56 Å². The van der Waals surface area contributed by atoms with Crippen LogP contribution in [0.15, 0.2) is 42.0 Å². The van der Waals surface area contributed by atoms with Gasteiger partial charge < -0.3 is 20.2 Å². The zero-order chi connectivity index (χ0) is 31.3. The molecule has 2 rings (SSSR count). The van der Waals surface area contributed by atoms with Gasteiger partial charge >= 0.3 is 5.97 Å². The minimum Gasteiger partial charge on any atom is -0.480 e. The Morgan fingerprint density at radius 3 is 2.17 bits per heavy atom. The first kappa shape index (κ1) is 34.0. The predicted molar refractivity (Wildman–Crippen MR) is 162 cm³/mol. The molecule has 0 spiro atoms. The summed E-state index contributed by atoms with van der Waals surface area (Å²) in [4.78, 5) is 55.7. The number of hydrogen-bond donors (Lipinski definition) is 2. The summed E-state index contributed by atoms with van der Waals surface area (Å²) in [6, 6.07) is 7.90. The normalized spacial score (nSPS) is 18.6. The van der Waals surface area contributed by atoms with Crippen molar-refractivity contribution in [2.45, 2.75) is 105 Å². The quantitative estimate of drug-likeness (QED) is 0.364. The molecule has 228 valence electrons. The molecule has 1 aliphatic rings. The van der Waals surface area contributed by atoms with Gasteiger partial charge in [0, 0.05) is 30.5 Å². The van der Waals surface area contributed by atoms with Crippen LogP contribution in [0, 0.1) is 17.3 Å². The highest BCUT2D eigenvalue weighted by Gasteiger charge is 2.41. The predicted octanol–water partition coefficient (Wildman–Crippen LogP) is 5.03. The lowest BCUT2D eigenvalue weighted by molar-refractivity contribution is -0.146. The SMILES string of the molecule is CC[C@H](C(=O)N[C@H](C(=O)N(C)[C@H](/C=C(\C)C(=O)N1CCC[C@H]1C(=O)O)C(C)C)C(C)(C)C)C(C)(C)c1ccccc1. The van der Waals surface area contributed by atoms with E-state index >= 15 is 0 Å². The lowest BCUT2D eigenvalue weighted by atomic mass is 9.71. The Morgan fingerprint density at radius 2 is 1.68 bits per heavy atom. The number of benzene rings is 1. The van der Waals surface area contributed by atoms with Crippen molar-refractivity contribution in [3.63, 3.8) is 0 Å². The molecule has 0 aliphatic carbocycles. The molecule has 1 fully saturated rings. The van der Waals surface area contributed by atoms with Crippen LogP contribution < -0.4 is 5.32 Å². The summed E-state index contributed by atoms with van der Waals surface area (Å²) in [6.07, 6.45) is 3.46. The van der Waals surface area contributed by atoms with E-state index < -0.39 is 34.9 Å². The summed E-state index contributed by atoms with van der Waals surface area (Å²) in [7, 11) is 1.70. The Bertz CT molecular complexity index is 1120. The Labute approximate surface area is 246 Å². The van der Waals surface area contributed by atoms with Crippen molar-refractivity contribution in [3.8, 4) is 0 Å². The third-order valence-electron chi connectivity index (χ3n) is 8.55. The number of likely N-dealkylation sites (N-methyl/N-ethyl adjacent to an activating group) is 1. The number of carboxylic acid groups (broad SMARTS) is 1. The van der Waals surface area contributed by atoms with Crippen molar-refractivity contribution in [2.24, 2.45) is 17.3 Å². The third kappa shape index (κ3) is 7.98. The average molecular weight is 570 g/mol. The van der Waals surface area contributed by atoms with Gasteiger partial charge in [-0.3, -0.25) is 14.4 Å². The molecule has 0 radical (unpaired) electrons. The van der Waals surface area contributed by atoms with Gasteiger partial charge in [-0.2, -0.15) is 0 Å². The van der Waals surface area contributed by atoms with E-state index in [2.05, 4.69) is 19.2 Å². The van der Waals surface area contributed by atoms with E-state index in [1.54, 1.807) is 24.9 Å². The Morgan fingerprint density at radius 1 is 1.10 bits per heavy atom. The molecule has 4 atom stereocenters. The average Bonchev–Trinajstić information content (AvgIpc) is 3.39. The van der Waals surface area contributed by atoms with Crippen LogP contribution in [0.4, 0.5) is 0 Å². The summed E-state index contributed by atoms with van der Waals surface area (Å²) in [5, 5.41) is 12.6. The molecule has 0 aromatic heterocycles. The smallest absolute Gasteiger partial charge is 0.326 e. The molecule has 1 aromatic carbocycles. The van der Waals surface area contributed by atoms with E-state index in [-0.39, 0.29) is 29.6 Å². The van der Waals surface area contributed by atoms with Crippen LogP contribution >= 0.6 is 0 Å². The van der Waals surface area contributed by atoms with E-state index in [0.29, 0.717) is 31.4 Å². The Hall–Kier alpha value is -3.16. The van der Waals surface area contributed by atoms with Crippen LogP contribution in [-0.2, 0) is 24.6 Å². The first-order valence-corrected chi connectivity index (χ1v) is 14.8. The van der Waals surface area contributed by atoms with Crippen LogP contribution in [-0.4, -0.2) is 70.3 Å². The first-order chi connectivity index (χ1) is 18.9. The molecule has 1 heterocycles. The topological polar surface area (TPSA) is 107 Å². The number of nitrogens with one attached hydrogen (secondary N) is 1. The van der Waals surface area contributed by atoms with Crippen LogP contribution in [0.1, 0.15) is 87.1 Å². The largest absolute Gasteiger partial charge is 0.480 e. The van der Waals surface area contributed by atoms with Crippen molar-refractivity contribution in [2.75, 3.05) is 13.6 Å². The van der Waals surface area contributed by atoms with Gasteiger partial charge in [0.15, 0.2) is 0 Å². The second-order valence-electron chi connectivity index (χ2n) is 13.4. The van der Waals surface area contributed by atoms with Crippen molar-refractivity contribution >= 4 is 23.7 Å². The highest BCUT2D eigenvalue weighted by atomic mass is 16.4. The number of hydrogen-bond acceptors (Lipinski definition) is 4. The lowest BCUT2D eigenvalue weighted by Gasteiger charge is -2.40.